The fourth-order valence-corrected chi connectivity index (χ4v) is 4.07. The van der Waals surface area contributed by atoms with Gasteiger partial charge in [-0.15, -0.1) is 0 Å². The Hall–Kier alpha value is -1.35. The largest absolute Gasteiger partial charge is 0.327 e. The van der Waals surface area contributed by atoms with Crippen LogP contribution in [0.15, 0.2) is 24.3 Å². The highest BCUT2D eigenvalue weighted by atomic mass is 16.2. The van der Waals surface area contributed by atoms with Crippen LogP contribution >= 0.6 is 0 Å². The lowest BCUT2D eigenvalue weighted by Crippen LogP contribution is -2.47. The van der Waals surface area contributed by atoms with E-state index >= 15 is 0 Å². The summed E-state index contributed by atoms with van der Waals surface area (Å²) in [5, 5.41) is 0. The molecule has 2 N–H and O–H groups in total. The lowest BCUT2D eigenvalue weighted by atomic mass is 9.84. The molecule has 1 aromatic carbocycles. The minimum Gasteiger partial charge on any atom is -0.327 e. The first-order valence-corrected chi connectivity index (χ1v) is 7.75. The van der Waals surface area contributed by atoms with Gasteiger partial charge < -0.3 is 10.6 Å². The van der Waals surface area contributed by atoms with Crippen molar-refractivity contribution in [2.24, 2.45) is 23.5 Å². The highest BCUT2D eigenvalue weighted by Crippen LogP contribution is 2.48. The van der Waals surface area contributed by atoms with Crippen molar-refractivity contribution in [3.8, 4) is 0 Å². The zero-order valence-electron chi connectivity index (χ0n) is 12.4. The highest BCUT2D eigenvalue weighted by molar-refractivity contribution is 5.96. The number of amides is 1. The third kappa shape index (κ3) is 2.14. The quantitative estimate of drug-likeness (QED) is 0.919. The molecule has 3 rings (SSSR count). The summed E-state index contributed by atoms with van der Waals surface area (Å²) in [7, 11) is 0. The maximum Gasteiger partial charge on any atom is 0.231 e. The van der Waals surface area contributed by atoms with E-state index < -0.39 is 0 Å². The molecule has 0 aromatic heterocycles. The van der Waals surface area contributed by atoms with Gasteiger partial charge in [-0.1, -0.05) is 17.7 Å². The molecule has 0 saturated heterocycles. The normalized spacial score (nSPS) is 31.6. The summed E-state index contributed by atoms with van der Waals surface area (Å²) in [6.07, 6.45) is 3.55. The molecule has 0 aliphatic heterocycles. The molecule has 2 bridgehead atoms. The van der Waals surface area contributed by atoms with Gasteiger partial charge >= 0.3 is 0 Å². The minimum atomic E-state index is 0.0370. The Labute approximate surface area is 121 Å². The minimum absolute atomic E-state index is 0.0370. The van der Waals surface area contributed by atoms with Crippen LogP contribution in [0.1, 0.15) is 31.7 Å². The third-order valence-electron chi connectivity index (χ3n) is 5.19. The second-order valence-corrected chi connectivity index (χ2v) is 6.35. The van der Waals surface area contributed by atoms with Crippen LogP contribution in [-0.4, -0.2) is 18.5 Å². The molecule has 3 nitrogen and oxygen atoms in total. The van der Waals surface area contributed by atoms with Gasteiger partial charge in [-0.2, -0.15) is 0 Å². The first kappa shape index (κ1) is 13.6. The van der Waals surface area contributed by atoms with Gasteiger partial charge in [0.25, 0.3) is 0 Å². The lowest BCUT2D eigenvalue weighted by Gasteiger charge is -2.32. The Morgan fingerprint density at radius 3 is 2.45 bits per heavy atom. The number of anilines is 1. The third-order valence-corrected chi connectivity index (χ3v) is 5.19. The van der Waals surface area contributed by atoms with E-state index in [1.165, 1.54) is 18.4 Å². The number of nitrogens with two attached hydrogens (primary N) is 1. The lowest BCUT2D eigenvalue weighted by molar-refractivity contribution is -0.124. The van der Waals surface area contributed by atoms with E-state index in [-0.39, 0.29) is 17.9 Å². The second-order valence-electron chi connectivity index (χ2n) is 6.35. The van der Waals surface area contributed by atoms with Gasteiger partial charge in [0.1, 0.15) is 0 Å². The maximum atomic E-state index is 12.9. The summed E-state index contributed by atoms with van der Waals surface area (Å²) >= 11 is 0. The molecule has 1 amide bonds. The Balaban J connectivity index is 1.82. The van der Waals surface area contributed by atoms with Gasteiger partial charge in [0.2, 0.25) is 5.91 Å². The van der Waals surface area contributed by atoms with Crippen molar-refractivity contribution in [3.05, 3.63) is 29.8 Å². The number of benzene rings is 1. The molecule has 2 saturated carbocycles. The Bertz CT molecular complexity index is 494. The fourth-order valence-electron chi connectivity index (χ4n) is 4.07. The molecule has 4 unspecified atom stereocenters. The Kier molecular flexibility index (Phi) is 3.55. The van der Waals surface area contributed by atoms with Crippen molar-refractivity contribution in [1.82, 2.24) is 0 Å². The van der Waals surface area contributed by atoms with Crippen LogP contribution in [-0.2, 0) is 4.79 Å². The Morgan fingerprint density at radius 1 is 1.25 bits per heavy atom. The number of aryl methyl sites for hydroxylation is 1. The van der Waals surface area contributed by atoms with Crippen molar-refractivity contribution in [1.29, 1.82) is 0 Å². The van der Waals surface area contributed by atoms with Crippen LogP contribution in [0.3, 0.4) is 0 Å². The summed E-state index contributed by atoms with van der Waals surface area (Å²) in [6.45, 7) is 4.81. The van der Waals surface area contributed by atoms with Crippen molar-refractivity contribution in [3.63, 3.8) is 0 Å². The van der Waals surface area contributed by atoms with E-state index in [2.05, 4.69) is 19.1 Å². The number of carbonyl (C=O) groups excluding carboxylic acids is 1. The predicted octanol–water partition coefficient (Wildman–Crippen LogP) is 2.72. The summed E-state index contributed by atoms with van der Waals surface area (Å²) < 4.78 is 0. The van der Waals surface area contributed by atoms with Crippen molar-refractivity contribution in [2.45, 2.75) is 39.2 Å². The van der Waals surface area contributed by atoms with E-state index in [4.69, 9.17) is 5.73 Å². The molecule has 0 heterocycles. The van der Waals surface area contributed by atoms with Gasteiger partial charge in [0.05, 0.1) is 5.92 Å². The summed E-state index contributed by atoms with van der Waals surface area (Å²) in [5.41, 5.74) is 8.53. The van der Waals surface area contributed by atoms with E-state index in [9.17, 15) is 4.79 Å². The molecular weight excluding hydrogens is 248 g/mol. The van der Waals surface area contributed by atoms with E-state index in [0.29, 0.717) is 18.4 Å². The van der Waals surface area contributed by atoms with Gasteiger partial charge in [-0.3, -0.25) is 4.79 Å². The van der Waals surface area contributed by atoms with Crippen molar-refractivity contribution >= 4 is 11.6 Å². The molecule has 1 aromatic rings. The molecule has 2 aliphatic carbocycles. The number of fused-ring (bicyclic) bond motifs is 2. The summed E-state index contributed by atoms with van der Waals surface area (Å²) in [4.78, 5) is 14.8. The van der Waals surface area contributed by atoms with Crippen LogP contribution in [0.2, 0.25) is 0 Å². The molecule has 20 heavy (non-hydrogen) atoms. The molecule has 108 valence electrons. The molecule has 0 spiro atoms. The van der Waals surface area contributed by atoms with Crippen LogP contribution < -0.4 is 10.6 Å². The topological polar surface area (TPSA) is 46.3 Å². The summed E-state index contributed by atoms with van der Waals surface area (Å²) in [5.74, 6) is 1.36. The molecule has 0 radical (unpaired) electrons. The van der Waals surface area contributed by atoms with Crippen LogP contribution in [0, 0.1) is 24.7 Å². The fraction of sp³-hybridized carbons (Fsp3) is 0.588. The van der Waals surface area contributed by atoms with E-state index in [1.54, 1.807) is 0 Å². The van der Waals surface area contributed by atoms with Gasteiger partial charge in [-0.25, -0.2) is 0 Å². The number of nitrogens with zero attached hydrogens (tertiary/aromatic N) is 1. The summed E-state index contributed by atoms with van der Waals surface area (Å²) in [6, 6.07) is 8.27. The van der Waals surface area contributed by atoms with Gasteiger partial charge in [0, 0.05) is 18.3 Å². The first-order chi connectivity index (χ1) is 9.61. The number of hydrogen-bond acceptors (Lipinski definition) is 2. The van der Waals surface area contributed by atoms with Gasteiger partial charge in [0.15, 0.2) is 0 Å². The zero-order chi connectivity index (χ0) is 14.3. The Morgan fingerprint density at radius 2 is 1.90 bits per heavy atom. The zero-order valence-corrected chi connectivity index (χ0v) is 12.4. The average Bonchev–Trinajstić information content (AvgIpc) is 3.02. The smallest absolute Gasteiger partial charge is 0.231 e. The van der Waals surface area contributed by atoms with Crippen molar-refractivity contribution in [2.75, 3.05) is 11.4 Å². The average molecular weight is 272 g/mol. The molecular formula is C17H24N2O. The van der Waals surface area contributed by atoms with Gasteiger partial charge in [-0.05, 0) is 57.1 Å². The van der Waals surface area contributed by atoms with Crippen molar-refractivity contribution < 1.29 is 4.79 Å². The molecule has 3 heteroatoms. The number of rotatable bonds is 3. The number of hydrogen-bond donors (Lipinski definition) is 1. The molecule has 2 aliphatic rings. The predicted molar refractivity (Wildman–Crippen MR) is 81.5 cm³/mol. The maximum absolute atomic E-state index is 12.9. The second kappa shape index (κ2) is 5.21. The SMILES string of the molecule is CCN(C(=O)C1C2CCC(C2)C1N)c1ccc(C)cc1. The monoisotopic (exact) mass is 272 g/mol. The van der Waals surface area contributed by atoms with Crippen LogP contribution in [0.5, 0.6) is 0 Å². The standard InChI is InChI=1S/C17H24N2O/c1-3-19(14-8-4-11(2)5-9-14)17(20)15-12-6-7-13(10-12)16(15)18/h4-5,8-9,12-13,15-16H,3,6-7,10,18H2,1-2H3. The first-order valence-electron chi connectivity index (χ1n) is 7.75. The van der Waals surface area contributed by atoms with E-state index in [1.807, 2.05) is 24.0 Å². The highest BCUT2D eigenvalue weighted by Gasteiger charge is 2.50. The van der Waals surface area contributed by atoms with Crippen LogP contribution in [0.4, 0.5) is 5.69 Å². The van der Waals surface area contributed by atoms with E-state index in [0.717, 1.165) is 12.1 Å². The molecule has 4 atom stereocenters. The van der Waals surface area contributed by atoms with Crippen LogP contribution in [0.25, 0.3) is 0 Å². The molecule has 2 fully saturated rings. The number of carbonyl (C=O) groups is 1.